The average molecular weight is 244 g/mol. The van der Waals surface area contributed by atoms with Gasteiger partial charge in [-0.2, -0.15) is 0 Å². The maximum absolute atomic E-state index is 12.0. The van der Waals surface area contributed by atoms with Gasteiger partial charge in [0.2, 0.25) is 5.91 Å². The first-order chi connectivity index (χ1) is 8.81. The van der Waals surface area contributed by atoms with Gasteiger partial charge in [0, 0.05) is 11.3 Å². The number of rotatable bonds is 3. The van der Waals surface area contributed by atoms with E-state index in [1.54, 1.807) is 0 Å². The summed E-state index contributed by atoms with van der Waals surface area (Å²) in [6.07, 6.45) is 5.83. The fourth-order valence-electron chi connectivity index (χ4n) is 3.06. The van der Waals surface area contributed by atoms with Crippen LogP contribution in [-0.4, -0.2) is 12.5 Å². The first-order valence-corrected chi connectivity index (χ1v) is 7.00. The molecular formula is C15H20N2O. The average Bonchev–Trinajstić information content (AvgIpc) is 2.72. The molecule has 0 fully saturated rings. The summed E-state index contributed by atoms with van der Waals surface area (Å²) >= 11 is 0. The smallest absolute Gasteiger partial charge is 0.246 e. The van der Waals surface area contributed by atoms with Crippen LogP contribution in [0.5, 0.6) is 0 Å². The number of carbonyl (C=O) groups is 1. The molecular weight excluding hydrogens is 224 g/mol. The molecule has 0 spiro atoms. The van der Waals surface area contributed by atoms with Crippen molar-refractivity contribution in [1.82, 2.24) is 5.32 Å². The Morgan fingerprint density at radius 3 is 3.00 bits per heavy atom. The highest BCUT2D eigenvalue weighted by atomic mass is 16.2. The van der Waals surface area contributed by atoms with Gasteiger partial charge in [0.05, 0.1) is 0 Å². The van der Waals surface area contributed by atoms with Crippen molar-refractivity contribution in [1.29, 1.82) is 0 Å². The van der Waals surface area contributed by atoms with E-state index in [4.69, 9.17) is 0 Å². The van der Waals surface area contributed by atoms with E-state index in [1.165, 1.54) is 24.0 Å². The van der Waals surface area contributed by atoms with Gasteiger partial charge >= 0.3 is 0 Å². The number of aryl methyl sites for hydroxylation is 1. The third-order valence-corrected chi connectivity index (χ3v) is 3.98. The van der Waals surface area contributed by atoms with Crippen LogP contribution in [0.1, 0.15) is 48.9 Å². The Kier molecular flexibility index (Phi) is 3.08. The third-order valence-electron chi connectivity index (χ3n) is 3.98. The Bertz CT molecular complexity index is 482. The summed E-state index contributed by atoms with van der Waals surface area (Å²) in [5.41, 5.74) is 5.06. The van der Waals surface area contributed by atoms with Gasteiger partial charge in [-0.25, -0.2) is 0 Å². The standard InChI is InChI=1S/C15H20N2O/c1-2-9-16-14-12-8-7-10-5-3-4-6-11(10)13(12)17-15(14)18/h7-8,14,16H,2-6,9H2,1H3,(H,17,18). The lowest BCUT2D eigenvalue weighted by Crippen LogP contribution is -2.27. The van der Waals surface area contributed by atoms with Crippen LogP contribution in [0.15, 0.2) is 12.1 Å². The molecule has 0 bridgehead atoms. The molecule has 0 saturated carbocycles. The second-order valence-electron chi connectivity index (χ2n) is 5.25. The Labute approximate surface area is 108 Å². The van der Waals surface area contributed by atoms with Gasteiger partial charge in [-0.1, -0.05) is 19.1 Å². The SMILES string of the molecule is CCCNC1C(=O)Nc2c1ccc1c2CCCC1. The van der Waals surface area contributed by atoms with Gasteiger partial charge < -0.3 is 10.6 Å². The minimum atomic E-state index is -0.146. The molecule has 96 valence electrons. The molecule has 2 aliphatic rings. The van der Waals surface area contributed by atoms with Crippen LogP contribution in [0.3, 0.4) is 0 Å². The molecule has 1 unspecified atom stereocenters. The van der Waals surface area contributed by atoms with Crippen molar-refractivity contribution >= 4 is 11.6 Å². The second-order valence-corrected chi connectivity index (χ2v) is 5.25. The molecule has 0 radical (unpaired) electrons. The monoisotopic (exact) mass is 244 g/mol. The Hall–Kier alpha value is -1.35. The zero-order chi connectivity index (χ0) is 12.5. The first kappa shape index (κ1) is 11.7. The van der Waals surface area contributed by atoms with Gasteiger partial charge in [0.1, 0.15) is 6.04 Å². The van der Waals surface area contributed by atoms with Gasteiger partial charge in [-0.3, -0.25) is 4.79 Å². The van der Waals surface area contributed by atoms with Crippen molar-refractivity contribution in [2.24, 2.45) is 0 Å². The zero-order valence-electron chi connectivity index (χ0n) is 10.9. The number of hydrogen-bond donors (Lipinski definition) is 2. The van der Waals surface area contributed by atoms with Crippen LogP contribution in [0.25, 0.3) is 0 Å². The normalized spacial score (nSPS) is 21.4. The summed E-state index contributed by atoms with van der Waals surface area (Å²) < 4.78 is 0. The molecule has 1 atom stereocenters. The van der Waals surface area contributed by atoms with E-state index in [2.05, 4.69) is 29.7 Å². The lowest BCUT2D eigenvalue weighted by molar-refractivity contribution is -0.117. The molecule has 1 heterocycles. The zero-order valence-corrected chi connectivity index (χ0v) is 10.9. The Morgan fingerprint density at radius 2 is 2.17 bits per heavy atom. The fraction of sp³-hybridized carbons (Fsp3) is 0.533. The molecule has 1 amide bonds. The van der Waals surface area contributed by atoms with Gasteiger partial charge in [-0.05, 0) is 49.8 Å². The summed E-state index contributed by atoms with van der Waals surface area (Å²) in [5, 5.41) is 6.42. The van der Waals surface area contributed by atoms with E-state index in [-0.39, 0.29) is 11.9 Å². The highest BCUT2D eigenvalue weighted by molar-refractivity contribution is 6.03. The minimum absolute atomic E-state index is 0.109. The molecule has 3 rings (SSSR count). The van der Waals surface area contributed by atoms with Gasteiger partial charge in [0.15, 0.2) is 0 Å². The first-order valence-electron chi connectivity index (χ1n) is 7.00. The number of fused-ring (bicyclic) bond motifs is 3. The lowest BCUT2D eigenvalue weighted by Gasteiger charge is -2.19. The van der Waals surface area contributed by atoms with Crippen LogP contribution in [0.2, 0.25) is 0 Å². The highest BCUT2D eigenvalue weighted by Crippen LogP contribution is 2.38. The molecule has 18 heavy (non-hydrogen) atoms. The van der Waals surface area contributed by atoms with Crippen LogP contribution in [0, 0.1) is 0 Å². The maximum Gasteiger partial charge on any atom is 0.246 e. The second kappa shape index (κ2) is 4.73. The topological polar surface area (TPSA) is 41.1 Å². The Balaban J connectivity index is 1.97. The van der Waals surface area contributed by atoms with E-state index in [1.807, 2.05) is 0 Å². The minimum Gasteiger partial charge on any atom is -0.324 e. The molecule has 1 aromatic carbocycles. The third kappa shape index (κ3) is 1.83. The van der Waals surface area contributed by atoms with E-state index in [0.29, 0.717) is 0 Å². The highest BCUT2D eigenvalue weighted by Gasteiger charge is 2.32. The van der Waals surface area contributed by atoms with Crippen molar-refractivity contribution in [3.8, 4) is 0 Å². The van der Waals surface area contributed by atoms with Crippen LogP contribution >= 0.6 is 0 Å². The van der Waals surface area contributed by atoms with Crippen LogP contribution in [-0.2, 0) is 17.6 Å². The quantitative estimate of drug-likeness (QED) is 0.858. The number of hydrogen-bond acceptors (Lipinski definition) is 2. The maximum atomic E-state index is 12.0. The predicted octanol–water partition coefficient (Wildman–Crippen LogP) is 2.56. The number of nitrogens with one attached hydrogen (secondary N) is 2. The fourth-order valence-corrected chi connectivity index (χ4v) is 3.06. The molecule has 0 aromatic heterocycles. The van der Waals surface area contributed by atoms with Crippen molar-refractivity contribution in [2.45, 2.75) is 45.1 Å². The summed E-state index contributed by atoms with van der Waals surface area (Å²) in [7, 11) is 0. The van der Waals surface area contributed by atoms with Crippen molar-refractivity contribution in [3.05, 3.63) is 28.8 Å². The number of benzene rings is 1. The van der Waals surface area contributed by atoms with E-state index < -0.39 is 0 Å². The van der Waals surface area contributed by atoms with Crippen molar-refractivity contribution in [2.75, 3.05) is 11.9 Å². The summed E-state index contributed by atoms with van der Waals surface area (Å²) in [4.78, 5) is 12.0. The summed E-state index contributed by atoms with van der Waals surface area (Å²) in [6.45, 7) is 3.00. The summed E-state index contributed by atoms with van der Waals surface area (Å²) in [5.74, 6) is 0.109. The van der Waals surface area contributed by atoms with Crippen LogP contribution in [0.4, 0.5) is 5.69 Å². The van der Waals surface area contributed by atoms with E-state index in [9.17, 15) is 4.79 Å². The van der Waals surface area contributed by atoms with Crippen molar-refractivity contribution in [3.63, 3.8) is 0 Å². The molecule has 3 nitrogen and oxygen atoms in total. The Morgan fingerprint density at radius 1 is 1.33 bits per heavy atom. The number of carbonyl (C=O) groups excluding carboxylic acids is 1. The molecule has 1 aliphatic heterocycles. The summed E-state index contributed by atoms with van der Waals surface area (Å²) in [6, 6.07) is 4.20. The van der Waals surface area contributed by atoms with E-state index >= 15 is 0 Å². The van der Waals surface area contributed by atoms with Gasteiger partial charge in [-0.15, -0.1) is 0 Å². The largest absolute Gasteiger partial charge is 0.324 e. The molecule has 0 saturated heterocycles. The lowest BCUT2D eigenvalue weighted by atomic mass is 9.88. The van der Waals surface area contributed by atoms with Crippen LogP contribution < -0.4 is 10.6 Å². The molecule has 1 aliphatic carbocycles. The predicted molar refractivity (Wildman–Crippen MR) is 72.7 cm³/mol. The molecule has 1 aromatic rings. The van der Waals surface area contributed by atoms with Crippen molar-refractivity contribution < 1.29 is 4.79 Å². The number of anilines is 1. The van der Waals surface area contributed by atoms with E-state index in [0.717, 1.165) is 37.1 Å². The molecule has 2 N–H and O–H groups in total. The molecule has 3 heteroatoms. The van der Waals surface area contributed by atoms with Gasteiger partial charge in [0.25, 0.3) is 0 Å². The number of amides is 1.